The van der Waals surface area contributed by atoms with E-state index in [9.17, 15) is 10.1 Å². The van der Waals surface area contributed by atoms with E-state index < -0.39 is 5.72 Å². The van der Waals surface area contributed by atoms with E-state index in [2.05, 4.69) is 56.0 Å². The molecule has 4 rings (SSSR count). The number of hydrogen-bond donors (Lipinski definition) is 0. The molecule has 0 unspecified atom stereocenters. The van der Waals surface area contributed by atoms with Gasteiger partial charge in [0.2, 0.25) is 11.5 Å². The molecule has 0 saturated heterocycles. The molecule has 0 saturated carbocycles. The van der Waals surface area contributed by atoms with Gasteiger partial charge in [0.05, 0.1) is 10.3 Å². The van der Waals surface area contributed by atoms with E-state index in [1.54, 1.807) is 12.1 Å². The van der Waals surface area contributed by atoms with Crippen LogP contribution in [0.15, 0.2) is 48.5 Å². The van der Waals surface area contributed by atoms with Crippen LogP contribution in [0.1, 0.15) is 122 Å². The van der Waals surface area contributed by atoms with Crippen LogP contribution in [0.5, 0.6) is 5.75 Å². The molecule has 212 valence electrons. The minimum absolute atomic E-state index is 0.0272. The number of benzene rings is 2. The van der Waals surface area contributed by atoms with E-state index in [0.717, 1.165) is 18.5 Å². The number of nitro benzene ring substituents is 1. The van der Waals surface area contributed by atoms with Crippen molar-refractivity contribution in [2.45, 2.75) is 122 Å². The fourth-order valence-corrected chi connectivity index (χ4v) is 6.50. The van der Waals surface area contributed by atoms with Crippen LogP contribution in [0.2, 0.25) is 0 Å². The van der Waals surface area contributed by atoms with Gasteiger partial charge in [-0.3, -0.25) is 10.1 Å². The van der Waals surface area contributed by atoms with Crippen LogP contribution in [-0.4, -0.2) is 17.2 Å². The Balaban J connectivity index is 1.31. The third-order valence-corrected chi connectivity index (χ3v) is 8.87. The summed E-state index contributed by atoms with van der Waals surface area (Å²) in [5.41, 5.74) is 2.01. The normalized spacial score (nSPS) is 18.7. The highest BCUT2D eigenvalue weighted by Gasteiger charge is 2.59. The fourth-order valence-electron chi connectivity index (χ4n) is 6.50. The van der Waals surface area contributed by atoms with Gasteiger partial charge < -0.3 is 9.64 Å². The predicted molar refractivity (Wildman–Crippen MR) is 163 cm³/mol. The summed E-state index contributed by atoms with van der Waals surface area (Å²) in [7, 11) is 0. The summed E-state index contributed by atoms with van der Waals surface area (Å²) in [5.74, 6) is 0.372. The molecule has 0 aromatic heterocycles. The largest absolute Gasteiger partial charge is 0.456 e. The Morgan fingerprint density at radius 3 is 2.00 bits per heavy atom. The van der Waals surface area contributed by atoms with Gasteiger partial charge in [0.15, 0.2) is 0 Å². The van der Waals surface area contributed by atoms with Crippen LogP contribution in [0, 0.1) is 10.1 Å². The van der Waals surface area contributed by atoms with Crippen LogP contribution in [0.4, 0.5) is 11.4 Å². The Morgan fingerprint density at radius 1 is 0.795 bits per heavy atom. The lowest BCUT2D eigenvalue weighted by Crippen LogP contribution is -2.59. The molecule has 1 spiro atoms. The molecule has 0 N–H and O–H groups in total. The van der Waals surface area contributed by atoms with E-state index in [-0.39, 0.29) is 16.0 Å². The SMILES string of the molecule is CCCCCCCCCCCCCCCCN1c2ccccc2C(C)(C)[C@@]12C=Cc1cccc([N+](=O)[O-])c1O2. The van der Waals surface area contributed by atoms with Crippen LogP contribution in [0.25, 0.3) is 6.08 Å². The zero-order chi connectivity index (χ0) is 27.7. The van der Waals surface area contributed by atoms with Crippen LogP contribution < -0.4 is 9.64 Å². The van der Waals surface area contributed by atoms with Crippen molar-refractivity contribution in [2.24, 2.45) is 0 Å². The molecule has 5 heteroatoms. The van der Waals surface area contributed by atoms with E-state index in [1.165, 1.54) is 94.7 Å². The van der Waals surface area contributed by atoms with Gasteiger partial charge in [-0.2, -0.15) is 0 Å². The molecule has 2 aliphatic rings. The highest BCUT2D eigenvalue weighted by atomic mass is 16.6. The number of fused-ring (bicyclic) bond motifs is 2. The Kier molecular flexibility index (Phi) is 10.1. The molecule has 2 aliphatic heterocycles. The van der Waals surface area contributed by atoms with E-state index >= 15 is 0 Å². The molecular weight excluding hydrogens is 484 g/mol. The maximum atomic E-state index is 11.8. The van der Waals surface area contributed by atoms with Crippen LogP contribution in [0.3, 0.4) is 0 Å². The number of unbranched alkanes of at least 4 members (excludes halogenated alkanes) is 13. The third-order valence-electron chi connectivity index (χ3n) is 8.87. The highest BCUT2D eigenvalue weighted by Crippen LogP contribution is 2.56. The third kappa shape index (κ3) is 6.34. The highest BCUT2D eigenvalue weighted by molar-refractivity contribution is 5.74. The second-order valence-corrected chi connectivity index (χ2v) is 12.0. The maximum Gasteiger partial charge on any atom is 0.311 e. The number of para-hydroxylation sites is 2. The number of nitro groups is 1. The van der Waals surface area contributed by atoms with Crippen molar-refractivity contribution in [1.29, 1.82) is 0 Å². The minimum Gasteiger partial charge on any atom is -0.456 e. The summed E-state index contributed by atoms with van der Waals surface area (Å²) in [6.45, 7) is 7.53. The second-order valence-electron chi connectivity index (χ2n) is 12.0. The molecule has 2 heterocycles. The van der Waals surface area contributed by atoms with Crippen molar-refractivity contribution in [1.82, 2.24) is 0 Å². The molecule has 0 amide bonds. The van der Waals surface area contributed by atoms with E-state index in [0.29, 0.717) is 5.75 Å². The average Bonchev–Trinajstić information content (AvgIpc) is 3.11. The summed E-state index contributed by atoms with van der Waals surface area (Å²) in [5, 5.41) is 11.8. The molecule has 0 radical (unpaired) electrons. The standard InChI is InChI=1S/C34H48N2O3/c1-4-5-6-7-8-9-10-11-12-13-14-15-16-19-27-35-30-23-18-17-22-29(30)33(2,3)34(35)26-25-28-21-20-24-31(36(37)38)32(28)39-34/h17-18,20-26H,4-16,19,27H2,1-3H3/t34-/m0/s1. The molecule has 2 aromatic carbocycles. The Morgan fingerprint density at radius 2 is 1.38 bits per heavy atom. The minimum atomic E-state index is -0.799. The quantitative estimate of drug-likeness (QED) is 0.123. The van der Waals surface area contributed by atoms with Crippen molar-refractivity contribution < 1.29 is 9.66 Å². The molecule has 0 aliphatic carbocycles. The summed E-state index contributed by atoms with van der Waals surface area (Å²) in [6, 6.07) is 13.7. The number of rotatable bonds is 16. The number of ether oxygens (including phenoxy) is 1. The lowest BCUT2D eigenvalue weighted by atomic mass is 9.76. The van der Waals surface area contributed by atoms with Gasteiger partial charge in [0, 0.05) is 23.9 Å². The fraction of sp³-hybridized carbons (Fsp3) is 0.588. The lowest BCUT2D eigenvalue weighted by molar-refractivity contribution is -0.386. The summed E-state index contributed by atoms with van der Waals surface area (Å²) in [6.07, 6.45) is 22.8. The first-order valence-corrected chi connectivity index (χ1v) is 15.4. The van der Waals surface area contributed by atoms with E-state index in [4.69, 9.17) is 4.74 Å². The van der Waals surface area contributed by atoms with Gasteiger partial charge in [0.1, 0.15) is 0 Å². The van der Waals surface area contributed by atoms with Gasteiger partial charge in [-0.05, 0) is 44.1 Å². The Hall–Kier alpha value is -2.82. The molecule has 0 fully saturated rings. The van der Waals surface area contributed by atoms with Gasteiger partial charge in [-0.1, -0.05) is 121 Å². The lowest BCUT2D eigenvalue weighted by Gasteiger charge is -2.47. The first-order valence-electron chi connectivity index (χ1n) is 15.4. The summed E-state index contributed by atoms with van der Waals surface area (Å²) >= 11 is 0. The summed E-state index contributed by atoms with van der Waals surface area (Å²) in [4.78, 5) is 13.9. The number of anilines is 1. The second kappa shape index (κ2) is 13.5. The maximum absolute atomic E-state index is 11.8. The van der Waals surface area contributed by atoms with Gasteiger partial charge in [-0.25, -0.2) is 0 Å². The van der Waals surface area contributed by atoms with Crippen molar-refractivity contribution in [2.75, 3.05) is 11.4 Å². The predicted octanol–water partition coefficient (Wildman–Crippen LogP) is 9.98. The average molecular weight is 533 g/mol. The number of nitrogens with zero attached hydrogens (tertiary/aromatic N) is 2. The zero-order valence-corrected chi connectivity index (χ0v) is 24.4. The first-order chi connectivity index (χ1) is 18.9. The van der Waals surface area contributed by atoms with Crippen molar-refractivity contribution >= 4 is 17.5 Å². The van der Waals surface area contributed by atoms with Gasteiger partial charge in [0.25, 0.3) is 0 Å². The van der Waals surface area contributed by atoms with Crippen molar-refractivity contribution in [3.63, 3.8) is 0 Å². The summed E-state index contributed by atoms with van der Waals surface area (Å²) < 4.78 is 6.75. The molecule has 2 aromatic rings. The van der Waals surface area contributed by atoms with Gasteiger partial charge >= 0.3 is 5.69 Å². The van der Waals surface area contributed by atoms with Crippen LogP contribution >= 0.6 is 0 Å². The molecule has 5 nitrogen and oxygen atoms in total. The molecule has 1 atom stereocenters. The molecular formula is C34H48N2O3. The van der Waals surface area contributed by atoms with Crippen LogP contribution in [-0.2, 0) is 5.41 Å². The van der Waals surface area contributed by atoms with Gasteiger partial charge in [-0.15, -0.1) is 0 Å². The van der Waals surface area contributed by atoms with Crippen molar-refractivity contribution in [3.8, 4) is 5.75 Å². The Bertz CT molecular complexity index is 1130. The van der Waals surface area contributed by atoms with Crippen molar-refractivity contribution in [3.05, 3.63) is 69.8 Å². The first kappa shape index (κ1) is 29.2. The van der Waals surface area contributed by atoms with E-state index in [1.807, 2.05) is 12.1 Å². The smallest absolute Gasteiger partial charge is 0.311 e. The topological polar surface area (TPSA) is 55.6 Å². The zero-order valence-electron chi connectivity index (χ0n) is 24.4. The molecule has 0 bridgehead atoms. The number of hydrogen-bond acceptors (Lipinski definition) is 4. The monoisotopic (exact) mass is 532 g/mol. The Labute approximate surface area is 235 Å². The molecule has 39 heavy (non-hydrogen) atoms.